The standard InChI is InChI=1S/C22H28N4O/c1-16-6-4-5-7-19(16)22-20-14-25(18-8-10-23-11-9-18)12-17(20)13-26(22)21(27)15-24(2)3/h4-11,17,20,22H,12-15H2,1-3H3/t17-,20-,22+/m1/s1. The van der Waals surface area contributed by atoms with Crippen LogP contribution in [-0.4, -0.2) is 61.0 Å². The highest BCUT2D eigenvalue weighted by atomic mass is 16.2. The number of carbonyl (C=O) groups excluding carboxylic acids is 1. The van der Waals surface area contributed by atoms with E-state index in [4.69, 9.17) is 0 Å². The van der Waals surface area contributed by atoms with Crippen molar-refractivity contribution in [3.8, 4) is 0 Å². The monoisotopic (exact) mass is 364 g/mol. The van der Waals surface area contributed by atoms with Crippen LogP contribution in [-0.2, 0) is 4.79 Å². The van der Waals surface area contributed by atoms with Crippen molar-refractivity contribution < 1.29 is 4.79 Å². The van der Waals surface area contributed by atoms with Gasteiger partial charge in [-0.2, -0.15) is 0 Å². The maximum Gasteiger partial charge on any atom is 0.237 e. The van der Waals surface area contributed by atoms with Gasteiger partial charge in [-0.15, -0.1) is 0 Å². The summed E-state index contributed by atoms with van der Waals surface area (Å²) in [5.41, 5.74) is 3.80. The van der Waals surface area contributed by atoms with Crippen LogP contribution in [0.3, 0.4) is 0 Å². The number of aromatic nitrogens is 1. The van der Waals surface area contributed by atoms with Gasteiger partial charge in [0.15, 0.2) is 0 Å². The molecule has 2 fully saturated rings. The number of aryl methyl sites for hydroxylation is 1. The van der Waals surface area contributed by atoms with E-state index >= 15 is 0 Å². The highest BCUT2D eigenvalue weighted by molar-refractivity contribution is 5.79. The normalized spacial score (nSPS) is 24.5. The van der Waals surface area contributed by atoms with E-state index in [1.54, 1.807) is 0 Å². The van der Waals surface area contributed by atoms with Crippen LogP contribution < -0.4 is 4.90 Å². The van der Waals surface area contributed by atoms with Gasteiger partial charge in [-0.05, 0) is 44.3 Å². The van der Waals surface area contributed by atoms with Crippen molar-refractivity contribution in [1.29, 1.82) is 0 Å². The largest absolute Gasteiger partial charge is 0.371 e. The Hall–Kier alpha value is -2.40. The number of amides is 1. The molecule has 2 saturated heterocycles. The Labute approximate surface area is 161 Å². The topological polar surface area (TPSA) is 39.7 Å². The van der Waals surface area contributed by atoms with Gasteiger partial charge >= 0.3 is 0 Å². The van der Waals surface area contributed by atoms with Crippen molar-refractivity contribution >= 4 is 11.6 Å². The molecule has 4 rings (SSSR count). The number of hydrogen-bond donors (Lipinski definition) is 0. The summed E-state index contributed by atoms with van der Waals surface area (Å²) in [5.74, 6) is 1.21. The molecular formula is C22H28N4O. The van der Waals surface area contributed by atoms with Gasteiger partial charge < -0.3 is 14.7 Å². The number of nitrogens with zero attached hydrogens (tertiary/aromatic N) is 4. The van der Waals surface area contributed by atoms with Crippen molar-refractivity contribution in [2.24, 2.45) is 11.8 Å². The predicted molar refractivity (Wildman–Crippen MR) is 108 cm³/mol. The van der Waals surface area contributed by atoms with E-state index < -0.39 is 0 Å². The van der Waals surface area contributed by atoms with Gasteiger partial charge in [0, 0.05) is 49.6 Å². The molecule has 5 nitrogen and oxygen atoms in total. The van der Waals surface area contributed by atoms with Crippen molar-refractivity contribution in [2.45, 2.75) is 13.0 Å². The zero-order chi connectivity index (χ0) is 19.0. The molecule has 3 atom stereocenters. The molecule has 0 aliphatic carbocycles. The van der Waals surface area contributed by atoms with E-state index in [2.05, 4.69) is 58.1 Å². The van der Waals surface area contributed by atoms with Gasteiger partial charge in [-0.25, -0.2) is 0 Å². The summed E-state index contributed by atoms with van der Waals surface area (Å²) < 4.78 is 0. The first-order chi connectivity index (χ1) is 13.0. The number of likely N-dealkylation sites (N-methyl/N-ethyl adjacent to an activating group) is 1. The fourth-order valence-corrected chi connectivity index (χ4v) is 4.75. The van der Waals surface area contributed by atoms with Gasteiger partial charge in [-0.3, -0.25) is 9.78 Å². The lowest BCUT2D eigenvalue weighted by Gasteiger charge is -2.32. The Morgan fingerprint density at radius 3 is 2.56 bits per heavy atom. The second-order valence-corrected chi connectivity index (χ2v) is 8.12. The first-order valence-corrected chi connectivity index (χ1v) is 9.69. The Morgan fingerprint density at radius 1 is 1.11 bits per heavy atom. The molecular weight excluding hydrogens is 336 g/mol. The van der Waals surface area contributed by atoms with E-state index in [0.29, 0.717) is 18.4 Å². The first kappa shape index (κ1) is 18.0. The minimum atomic E-state index is 0.162. The van der Waals surface area contributed by atoms with Gasteiger partial charge in [-0.1, -0.05) is 24.3 Å². The third-order valence-corrected chi connectivity index (χ3v) is 5.97. The van der Waals surface area contributed by atoms with Crippen LogP contribution in [0.4, 0.5) is 5.69 Å². The minimum Gasteiger partial charge on any atom is -0.371 e. The second kappa shape index (κ2) is 7.31. The quantitative estimate of drug-likeness (QED) is 0.836. The van der Waals surface area contributed by atoms with Gasteiger partial charge in [0.1, 0.15) is 0 Å². The molecule has 1 amide bonds. The fourth-order valence-electron chi connectivity index (χ4n) is 4.75. The Bertz CT molecular complexity index is 807. The minimum absolute atomic E-state index is 0.162. The van der Waals surface area contributed by atoms with E-state index in [9.17, 15) is 4.79 Å². The molecule has 2 aliphatic heterocycles. The highest BCUT2D eigenvalue weighted by Gasteiger charge is 2.49. The predicted octanol–water partition coefficient (Wildman–Crippen LogP) is 2.59. The Morgan fingerprint density at radius 2 is 1.85 bits per heavy atom. The molecule has 3 heterocycles. The van der Waals surface area contributed by atoms with Crippen LogP contribution in [0.5, 0.6) is 0 Å². The maximum absolute atomic E-state index is 13.0. The summed E-state index contributed by atoms with van der Waals surface area (Å²) in [6, 6.07) is 12.9. The first-order valence-electron chi connectivity index (χ1n) is 9.69. The van der Waals surface area contributed by atoms with Crippen molar-refractivity contribution in [2.75, 3.05) is 45.2 Å². The number of rotatable bonds is 4. The molecule has 0 spiro atoms. The molecule has 0 radical (unpaired) electrons. The summed E-state index contributed by atoms with van der Waals surface area (Å²) in [6.45, 7) is 5.46. The van der Waals surface area contributed by atoms with Crippen LogP contribution in [0.15, 0.2) is 48.8 Å². The van der Waals surface area contributed by atoms with Crippen LogP contribution in [0, 0.1) is 18.8 Å². The maximum atomic E-state index is 13.0. The van der Waals surface area contributed by atoms with Crippen LogP contribution in [0.1, 0.15) is 17.2 Å². The molecule has 0 N–H and O–H groups in total. The number of anilines is 1. The highest BCUT2D eigenvalue weighted by Crippen LogP contribution is 2.46. The average molecular weight is 364 g/mol. The molecule has 0 unspecified atom stereocenters. The Kier molecular flexibility index (Phi) is 4.87. The summed E-state index contributed by atoms with van der Waals surface area (Å²) in [6.07, 6.45) is 3.71. The lowest BCUT2D eigenvalue weighted by Crippen LogP contribution is -2.40. The zero-order valence-corrected chi connectivity index (χ0v) is 16.4. The van der Waals surface area contributed by atoms with Crippen LogP contribution >= 0.6 is 0 Å². The lowest BCUT2D eigenvalue weighted by atomic mass is 9.87. The third-order valence-electron chi connectivity index (χ3n) is 5.97. The van der Waals surface area contributed by atoms with E-state index in [-0.39, 0.29) is 11.9 Å². The van der Waals surface area contributed by atoms with E-state index in [0.717, 1.165) is 19.6 Å². The van der Waals surface area contributed by atoms with Gasteiger partial charge in [0.2, 0.25) is 5.91 Å². The van der Waals surface area contributed by atoms with Crippen molar-refractivity contribution in [3.05, 3.63) is 59.9 Å². The summed E-state index contributed by atoms with van der Waals surface area (Å²) in [4.78, 5) is 23.7. The van der Waals surface area contributed by atoms with Crippen LogP contribution in [0.2, 0.25) is 0 Å². The molecule has 0 saturated carbocycles. The number of fused-ring (bicyclic) bond motifs is 1. The summed E-state index contributed by atoms with van der Waals surface area (Å²) in [5, 5.41) is 0. The SMILES string of the molecule is Cc1ccccc1[C@H]1[C@@H]2CN(c3ccncc3)C[C@@H]2CN1C(=O)CN(C)C. The van der Waals surface area contributed by atoms with E-state index in [1.807, 2.05) is 31.4 Å². The fraction of sp³-hybridized carbons (Fsp3) is 0.455. The molecule has 2 aliphatic rings. The number of benzene rings is 1. The number of pyridine rings is 1. The lowest BCUT2D eigenvalue weighted by molar-refractivity contribution is -0.133. The third kappa shape index (κ3) is 3.44. The molecule has 142 valence electrons. The molecule has 2 aromatic rings. The van der Waals surface area contributed by atoms with Crippen LogP contribution in [0.25, 0.3) is 0 Å². The Balaban J connectivity index is 1.64. The summed E-state index contributed by atoms with van der Waals surface area (Å²) in [7, 11) is 3.92. The zero-order valence-electron chi connectivity index (χ0n) is 16.4. The van der Waals surface area contributed by atoms with Gasteiger partial charge in [0.05, 0.1) is 12.6 Å². The number of likely N-dealkylation sites (tertiary alicyclic amines) is 1. The molecule has 5 heteroatoms. The van der Waals surface area contributed by atoms with E-state index in [1.165, 1.54) is 16.8 Å². The molecule has 0 bridgehead atoms. The van der Waals surface area contributed by atoms with Gasteiger partial charge in [0.25, 0.3) is 0 Å². The number of hydrogen-bond acceptors (Lipinski definition) is 4. The summed E-state index contributed by atoms with van der Waals surface area (Å²) >= 11 is 0. The number of carbonyl (C=O) groups is 1. The smallest absolute Gasteiger partial charge is 0.237 e. The average Bonchev–Trinajstić information content (AvgIpc) is 3.20. The molecule has 1 aromatic heterocycles. The molecule has 27 heavy (non-hydrogen) atoms. The van der Waals surface area contributed by atoms with Crippen molar-refractivity contribution in [1.82, 2.24) is 14.8 Å². The second-order valence-electron chi connectivity index (χ2n) is 8.12. The van der Waals surface area contributed by atoms with Crippen molar-refractivity contribution in [3.63, 3.8) is 0 Å². The molecule has 1 aromatic carbocycles.